The standard InChI is InChI=1S/C83H161NO5/c1-3-5-7-9-11-13-15-17-19-20-21-22-36-39-42-45-48-51-55-59-63-67-71-75-81(86)80(79-85)84-82(87)76-72-68-64-60-56-52-49-46-43-40-37-34-32-30-28-26-24-23-25-27-29-31-33-35-38-41-44-47-50-54-58-62-66-70-74-78-89-83(88)77-73-69-65-61-57-53-18-16-14-12-10-8-6-4-2/h16,18,25,27,80-81,85-86H,3-15,17,19-24,26,28-79H2,1-2H3,(H,84,87)/b18-16-,27-25-. The first-order chi connectivity index (χ1) is 44.0. The summed E-state index contributed by atoms with van der Waals surface area (Å²) in [5, 5.41) is 23.5. The van der Waals surface area contributed by atoms with Gasteiger partial charge < -0.3 is 20.3 Å². The molecule has 0 bridgehead atoms. The quantitative estimate of drug-likeness (QED) is 0.0320. The molecule has 0 saturated carbocycles. The van der Waals surface area contributed by atoms with Crippen molar-refractivity contribution in [3.05, 3.63) is 24.3 Å². The van der Waals surface area contributed by atoms with Crippen LogP contribution in [0.5, 0.6) is 0 Å². The number of carbonyl (C=O) groups excluding carboxylic acids is 2. The van der Waals surface area contributed by atoms with Crippen LogP contribution in [0.1, 0.15) is 470 Å². The second-order valence-electron chi connectivity index (χ2n) is 28.5. The lowest BCUT2D eigenvalue weighted by Gasteiger charge is -2.22. The van der Waals surface area contributed by atoms with Crippen LogP contribution in [0, 0.1) is 0 Å². The van der Waals surface area contributed by atoms with E-state index in [0.29, 0.717) is 25.9 Å². The van der Waals surface area contributed by atoms with E-state index in [-0.39, 0.29) is 18.5 Å². The number of nitrogens with one attached hydrogen (secondary N) is 1. The van der Waals surface area contributed by atoms with E-state index in [1.807, 2.05) is 0 Å². The van der Waals surface area contributed by atoms with E-state index >= 15 is 0 Å². The van der Waals surface area contributed by atoms with Crippen molar-refractivity contribution >= 4 is 11.9 Å². The highest BCUT2D eigenvalue weighted by atomic mass is 16.5. The van der Waals surface area contributed by atoms with Gasteiger partial charge in [-0.2, -0.15) is 0 Å². The molecule has 2 unspecified atom stereocenters. The summed E-state index contributed by atoms with van der Waals surface area (Å²) in [5.74, 6) is -0.0129. The van der Waals surface area contributed by atoms with Gasteiger partial charge in [-0.1, -0.05) is 404 Å². The van der Waals surface area contributed by atoms with Crippen LogP contribution in [0.2, 0.25) is 0 Å². The predicted molar refractivity (Wildman–Crippen MR) is 393 cm³/mol. The molecule has 0 aromatic rings. The van der Waals surface area contributed by atoms with Crippen molar-refractivity contribution in [2.24, 2.45) is 0 Å². The Morgan fingerprint density at radius 3 is 0.798 bits per heavy atom. The molecule has 0 radical (unpaired) electrons. The number of amides is 1. The maximum atomic E-state index is 12.6. The van der Waals surface area contributed by atoms with Gasteiger partial charge in [-0.15, -0.1) is 0 Å². The molecule has 0 aliphatic heterocycles. The molecule has 89 heavy (non-hydrogen) atoms. The van der Waals surface area contributed by atoms with Gasteiger partial charge in [0.25, 0.3) is 0 Å². The highest BCUT2D eigenvalue weighted by Gasteiger charge is 2.20. The molecule has 1 amide bonds. The number of esters is 1. The molecular formula is C83H161NO5. The van der Waals surface area contributed by atoms with Gasteiger partial charge in [0, 0.05) is 12.8 Å². The normalized spacial score (nSPS) is 12.5. The Hall–Kier alpha value is -1.66. The maximum Gasteiger partial charge on any atom is 0.305 e. The second-order valence-corrected chi connectivity index (χ2v) is 28.5. The van der Waals surface area contributed by atoms with Crippen molar-refractivity contribution in [1.29, 1.82) is 0 Å². The molecule has 528 valence electrons. The zero-order valence-electron chi connectivity index (χ0n) is 60.7. The number of aliphatic hydroxyl groups is 2. The van der Waals surface area contributed by atoms with Gasteiger partial charge in [0.2, 0.25) is 5.91 Å². The third-order valence-corrected chi connectivity index (χ3v) is 19.5. The van der Waals surface area contributed by atoms with E-state index in [1.165, 1.54) is 392 Å². The van der Waals surface area contributed by atoms with E-state index in [9.17, 15) is 19.8 Å². The van der Waals surface area contributed by atoms with Gasteiger partial charge in [0.15, 0.2) is 0 Å². The molecule has 0 rings (SSSR count). The monoisotopic (exact) mass is 1250 g/mol. The van der Waals surface area contributed by atoms with Gasteiger partial charge in [0.05, 0.1) is 25.4 Å². The minimum Gasteiger partial charge on any atom is -0.466 e. The lowest BCUT2D eigenvalue weighted by Crippen LogP contribution is -2.45. The maximum absolute atomic E-state index is 12.6. The van der Waals surface area contributed by atoms with Crippen LogP contribution in [-0.2, 0) is 14.3 Å². The average molecular weight is 1250 g/mol. The smallest absolute Gasteiger partial charge is 0.305 e. The fourth-order valence-electron chi connectivity index (χ4n) is 13.2. The van der Waals surface area contributed by atoms with E-state index in [0.717, 1.165) is 44.9 Å². The van der Waals surface area contributed by atoms with Crippen molar-refractivity contribution in [2.45, 2.75) is 482 Å². The van der Waals surface area contributed by atoms with Gasteiger partial charge in [-0.3, -0.25) is 9.59 Å². The fourth-order valence-corrected chi connectivity index (χ4v) is 13.2. The Bertz CT molecular complexity index is 1400. The van der Waals surface area contributed by atoms with Gasteiger partial charge in [-0.25, -0.2) is 0 Å². The summed E-state index contributed by atoms with van der Waals surface area (Å²) in [5.41, 5.74) is 0. The fraction of sp³-hybridized carbons (Fsp3) is 0.928. The number of allylic oxidation sites excluding steroid dienone is 4. The highest BCUT2D eigenvalue weighted by molar-refractivity contribution is 5.76. The van der Waals surface area contributed by atoms with Crippen LogP contribution < -0.4 is 5.32 Å². The van der Waals surface area contributed by atoms with Gasteiger partial charge in [0.1, 0.15) is 0 Å². The van der Waals surface area contributed by atoms with Crippen LogP contribution in [0.15, 0.2) is 24.3 Å². The van der Waals surface area contributed by atoms with Crippen LogP contribution in [0.4, 0.5) is 0 Å². The molecule has 0 aromatic heterocycles. The summed E-state index contributed by atoms with van der Waals surface area (Å²) in [6, 6.07) is -0.540. The molecule has 6 heteroatoms. The number of ether oxygens (including phenoxy) is 1. The second kappa shape index (κ2) is 78.8. The summed E-state index contributed by atoms with van der Waals surface area (Å²) < 4.78 is 5.49. The SMILES string of the molecule is CCCCCCC/C=C\CCCCCCCC(=O)OCCCCCCCCCCCCCCCC/C=C\CCCCCCCCCCCCCCCCCCCC(=O)NC(CO)C(O)CCCCCCCCCCCCCCCCCCCCCCCCC. The predicted octanol–water partition coefficient (Wildman–Crippen LogP) is 27.2. The zero-order chi connectivity index (χ0) is 64.2. The Kier molecular flexibility index (Phi) is 77.3. The summed E-state index contributed by atoms with van der Waals surface area (Å²) in [6.45, 7) is 5.00. The number of carbonyl (C=O) groups is 2. The van der Waals surface area contributed by atoms with Crippen molar-refractivity contribution in [2.75, 3.05) is 13.2 Å². The molecule has 0 spiro atoms. The van der Waals surface area contributed by atoms with Crippen molar-refractivity contribution in [3.63, 3.8) is 0 Å². The summed E-state index contributed by atoms with van der Waals surface area (Å²) in [6.07, 6.45) is 101. The zero-order valence-corrected chi connectivity index (χ0v) is 60.7. The van der Waals surface area contributed by atoms with Crippen LogP contribution in [0.25, 0.3) is 0 Å². The molecule has 0 aliphatic carbocycles. The number of hydrogen-bond acceptors (Lipinski definition) is 5. The summed E-state index contributed by atoms with van der Waals surface area (Å²) in [7, 11) is 0. The van der Waals surface area contributed by atoms with Crippen LogP contribution in [-0.4, -0.2) is 47.4 Å². The molecule has 2 atom stereocenters. The van der Waals surface area contributed by atoms with Crippen LogP contribution in [0.3, 0.4) is 0 Å². The average Bonchev–Trinajstić information content (AvgIpc) is 3.64. The van der Waals surface area contributed by atoms with Crippen molar-refractivity contribution < 1.29 is 24.5 Å². The molecular weight excluding hydrogens is 1090 g/mol. The number of rotatable bonds is 78. The Morgan fingerprint density at radius 2 is 0.528 bits per heavy atom. The van der Waals surface area contributed by atoms with E-state index in [2.05, 4.69) is 43.5 Å². The molecule has 0 aromatic carbocycles. The third-order valence-electron chi connectivity index (χ3n) is 19.5. The summed E-state index contributed by atoms with van der Waals surface area (Å²) in [4.78, 5) is 24.6. The van der Waals surface area contributed by atoms with Gasteiger partial charge in [-0.05, 0) is 77.0 Å². The van der Waals surface area contributed by atoms with Crippen molar-refractivity contribution in [3.8, 4) is 0 Å². The number of unbranched alkanes of at least 4 members (excludes halogenated alkanes) is 63. The van der Waals surface area contributed by atoms with E-state index in [4.69, 9.17) is 4.74 Å². The van der Waals surface area contributed by atoms with E-state index in [1.54, 1.807) is 0 Å². The lowest BCUT2D eigenvalue weighted by molar-refractivity contribution is -0.143. The first-order valence-electron chi connectivity index (χ1n) is 41.1. The molecule has 0 heterocycles. The third kappa shape index (κ3) is 75.3. The molecule has 6 nitrogen and oxygen atoms in total. The first kappa shape index (κ1) is 87.3. The molecule has 0 fully saturated rings. The Balaban J connectivity index is 3.34. The lowest BCUT2D eigenvalue weighted by atomic mass is 10.0. The topological polar surface area (TPSA) is 95.9 Å². The Labute approximate surface area is 558 Å². The first-order valence-corrected chi connectivity index (χ1v) is 41.1. The molecule has 0 saturated heterocycles. The highest BCUT2D eigenvalue weighted by Crippen LogP contribution is 2.20. The van der Waals surface area contributed by atoms with Crippen molar-refractivity contribution in [1.82, 2.24) is 5.32 Å². The Morgan fingerprint density at radius 1 is 0.303 bits per heavy atom. The van der Waals surface area contributed by atoms with E-state index < -0.39 is 12.1 Å². The minimum atomic E-state index is -0.663. The molecule has 3 N–H and O–H groups in total. The largest absolute Gasteiger partial charge is 0.466 e. The molecule has 0 aliphatic rings. The minimum absolute atomic E-state index is 0.0126. The summed E-state index contributed by atoms with van der Waals surface area (Å²) >= 11 is 0. The number of aliphatic hydroxyl groups excluding tert-OH is 2. The number of hydrogen-bond donors (Lipinski definition) is 3. The van der Waals surface area contributed by atoms with Gasteiger partial charge >= 0.3 is 5.97 Å². The van der Waals surface area contributed by atoms with Crippen LogP contribution >= 0.6 is 0 Å².